The highest BCUT2D eigenvalue weighted by Crippen LogP contribution is 2.45. The number of nitrogens with zero attached hydrogens (tertiary/aromatic N) is 1. The monoisotopic (exact) mass is 543 g/mol. The molecule has 0 saturated heterocycles. The minimum atomic E-state index is -0.574. The smallest absolute Gasteiger partial charge is 0.415 e. The average molecular weight is 544 g/mol. The van der Waals surface area contributed by atoms with E-state index in [1.54, 1.807) is 12.0 Å². The van der Waals surface area contributed by atoms with Gasteiger partial charge in [0.15, 0.2) is 0 Å². The van der Waals surface area contributed by atoms with Crippen molar-refractivity contribution < 1.29 is 14.3 Å². The van der Waals surface area contributed by atoms with Gasteiger partial charge in [0.1, 0.15) is 11.4 Å². The second-order valence-corrected chi connectivity index (χ2v) is 9.64. The molecule has 1 unspecified atom stereocenters. The number of carbonyl (C=O) groups is 1. The summed E-state index contributed by atoms with van der Waals surface area (Å²) in [4.78, 5) is 15.0. The lowest BCUT2D eigenvalue weighted by atomic mass is 9.91. The number of hydrogen-bond acceptors (Lipinski definition) is 3. The molecule has 0 bridgehead atoms. The Morgan fingerprint density at radius 2 is 1.96 bits per heavy atom. The molecule has 1 heterocycles. The van der Waals surface area contributed by atoms with Crippen LogP contribution in [0.4, 0.5) is 10.5 Å². The fourth-order valence-electron chi connectivity index (χ4n) is 3.42. The summed E-state index contributed by atoms with van der Waals surface area (Å²) in [5.41, 5.74) is 2.44. The topological polar surface area (TPSA) is 38.8 Å². The number of fused-ring (bicyclic) bond motifs is 1. The molecular weight excluding hydrogens is 521 g/mol. The molecule has 0 radical (unpaired) electrons. The summed E-state index contributed by atoms with van der Waals surface area (Å²) in [7, 11) is 1.66. The van der Waals surface area contributed by atoms with Crippen molar-refractivity contribution in [3.05, 3.63) is 55.6 Å². The van der Waals surface area contributed by atoms with E-state index < -0.39 is 5.60 Å². The van der Waals surface area contributed by atoms with Crippen LogP contribution in [0, 0.1) is 3.57 Å². The van der Waals surface area contributed by atoms with E-state index in [-0.39, 0.29) is 12.1 Å². The van der Waals surface area contributed by atoms with Crippen LogP contribution < -0.4 is 9.64 Å². The maximum atomic E-state index is 13.2. The molecule has 27 heavy (non-hydrogen) atoms. The van der Waals surface area contributed by atoms with Gasteiger partial charge in [0.25, 0.3) is 0 Å². The highest BCUT2D eigenvalue weighted by Gasteiger charge is 2.37. The molecule has 3 rings (SSSR count). The zero-order valence-corrected chi connectivity index (χ0v) is 19.6. The van der Waals surface area contributed by atoms with E-state index in [0.29, 0.717) is 0 Å². The first-order valence-corrected chi connectivity index (χ1v) is 10.7. The van der Waals surface area contributed by atoms with Crippen molar-refractivity contribution >= 4 is 50.3 Å². The largest absolute Gasteiger partial charge is 0.496 e. The van der Waals surface area contributed by atoms with Crippen LogP contribution >= 0.6 is 38.5 Å². The van der Waals surface area contributed by atoms with Crippen molar-refractivity contribution in [1.82, 2.24) is 0 Å². The third-order valence-corrected chi connectivity index (χ3v) is 5.66. The number of carbonyl (C=O) groups excluding carboxylic acids is 1. The van der Waals surface area contributed by atoms with Crippen LogP contribution in [0.2, 0.25) is 0 Å². The molecule has 1 atom stereocenters. The lowest BCUT2D eigenvalue weighted by Crippen LogP contribution is -2.42. The zero-order valence-electron chi connectivity index (χ0n) is 15.9. The van der Waals surface area contributed by atoms with Crippen molar-refractivity contribution in [1.29, 1.82) is 0 Å². The van der Waals surface area contributed by atoms with Crippen LogP contribution in [0.3, 0.4) is 0 Å². The number of aryl methyl sites for hydroxylation is 1. The van der Waals surface area contributed by atoms with Crippen LogP contribution in [0.1, 0.15) is 44.4 Å². The average Bonchev–Trinajstić information content (AvgIpc) is 2.59. The molecule has 2 aromatic rings. The van der Waals surface area contributed by atoms with E-state index in [2.05, 4.69) is 44.6 Å². The number of halogens is 2. The van der Waals surface area contributed by atoms with Crippen LogP contribution in [-0.4, -0.2) is 18.8 Å². The molecule has 0 aromatic heterocycles. The summed E-state index contributed by atoms with van der Waals surface area (Å²) >= 11 is 5.97. The van der Waals surface area contributed by atoms with Gasteiger partial charge in [-0.2, -0.15) is 0 Å². The molecule has 0 N–H and O–H groups in total. The van der Waals surface area contributed by atoms with Gasteiger partial charge >= 0.3 is 6.09 Å². The van der Waals surface area contributed by atoms with E-state index in [4.69, 9.17) is 9.47 Å². The molecule has 144 valence electrons. The van der Waals surface area contributed by atoms with Crippen molar-refractivity contribution in [3.8, 4) is 5.75 Å². The standard InChI is InChI=1S/C21H23BrINO3/c1-21(2,3)27-20(25)24-17(15-7-5-6-8-18(15)26-4)10-9-13-11-14(23)12-16(22)19(13)24/h5-8,11-12,17H,9-10H2,1-4H3. The van der Waals surface area contributed by atoms with Crippen molar-refractivity contribution in [2.24, 2.45) is 0 Å². The van der Waals surface area contributed by atoms with Crippen molar-refractivity contribution in [2.75, 3.05) is 12.0 Å². The van der Waals surface area contributed by atoms with E-state index in [1.807, 2.05) is 51.1 Å². The first kappa shape index (κ1) is 20.5. The Morgan fingerprint density at radius 1 is 1.26 bits per heavy atom. The Labute approximate surface area is 182 Å². The fourth-order valence-corrected chi connectivity index (χ4v) is 5.23. The first-order chi connectivity index (χ1) is 12.7. The lowest BCUT2D eigenvalue weighted by Gasteiger charge is -2.39. The Kier molecular flexibility index (Phi) is 6.05. The van der Waals surface area contributed by atoms with Crippen molar-refractivity contribution in [3.63, 3.8) is 0 Å². The van der Waals surface area contributed by atoms with Gasteiger partial charge in [-0.1, -0.05) is 18.2 Å². The fraction of sp³-hybridized carbons (Fsp3) is 0.381. The summed E-state index contributed by atoms with van der Waals surface area (Å²) in [6.07, 6.45) is 1.34. The number of rotatable bonds is 2. The molecule has 1 aliphatic heterocycles. The maximum absolute atomic E-state index is 13.2. The number of benzene rings is 2. The first-order valence-electron chi connectivity index (χ1n) is 8.84. The number of anilines is 1. The number of ether oxygens (including phenoxy) is 2. The zero-order chi connectivity index (χ0) is 19.8. The highest BCUT2D eigenvalue weighted by atomic mass is 127. The SMILES string of the molecule is COc1ccccc1C1CCc2cc(I)cc(Br)c2N1C(=O)OC(C)(C)C. The Morgan fingerprint density at radius 3 is 2.63 bits per heavy atom. The summed E-state index contributed by atoms with van der Waals surface area (Å²) in [6.45, 7) is 5.66. The second kappa shape index (κ2) is 7.99. The number of methoxy groups -OCH3 is 1. The molecule has 6 heteroatoms. The van der Waals surface area contributed by atoms with E-state index in [9.17, 15) is 4.79 Å². The maximum Gasteiger partial charge on any atom is 0.415 e. The molecule has 0 aliphatic carbocycles. The number of para-hydroxylation sites is 1. The van der Waals surface area contributed by atoms with Gasteiger partial charge in [0.05, 0.1) is 18.8 Å². The molecule has 1 aliphatic rings. The number of hydrogen-bond donors (Lipinski definition) is 0. The molecule has 0 saturated carbocycles. The normalized spacial score (nSPS) is 16.7. The number of amides is 1. The predicted octanol–water partition coefficient (Wildman–Crippen LogP) is 6.49. The quantitative estimate of drug-likeness (QED) is 0.406. The third-order valence-electron chi connectivity index (χ3n) is 4.43. The van der Waals surface area contributed by atoms with Crippen LogP contribution in [0.25, 0.3) is 0 Å². The summed E-state index contributed by atoms with van der Waals surface area (Å²) in [5.74, 6) is 0.779. The molecule has 1 amide bonds. The minimum absolute atomic E-state index is 0.153. The van der Waals surface area contributed by atoms with Crippen molar-refractivity contribution in [2.45, 2.75) is 45.3 Å². The Bertz CT molecular complexity index is 863. The van der Waals surface area contributed by atoms with Gasteiger partial charge < -0.3 is 9.47 Å². The van der Waals surface area contributed by atoms with E-state index in [0.717, 1.165) is 43.4 Å². The minimum Gasteiger partial charge on any atom is -0.496 e. The summed E-state index contributed by atoms with van der Waals surface area (Å²) in [5, 5.41) is 0. The van der Waals surface area contributed by atoms with E-state index in [1.165, 1.54) is 0 Å². The van der Waals surface area contributed by atoms with Gasteiger partial charge in [-0.15, -0.1) is 0 Å². The molecular formula is C21H23BrINO3. The molecule has 0 spiro atoms. The van der Waals surface area contributed by atoms with E-state index >= 15 is 0 Å². The Balaban J connectivity index is 2.14. The van der Waals surface area contributed by atoms with Gasteiger partial charge in [-0.25, -0.2) is 4.79 Å². The lowest BCUT2D eigenvalue weighted by molar-refractivity contribution is 0.0559. The van der Waals surface area contributed by atoms with Gasteiger partial charge in [0, 0.05) is 13.6 Å². The van der Waals surface area contributed by atoms with Gasteiger partial charge in [-0.3, -0.25) is 4.90 Å². The molecule has 4 nitrogen and oxygen atoms in total. The highest BCUT2D eigenvalue weighted by molar-refractivity contribution is 14.1. The summed E-state index contributed by atoms with van der Waals surface area (Å²) in [6, 6.07) is 11.9. The molecule has 0 fully saturated rings. The molecule has 2 aromatic carbocycles. The van der Waals surface area contributed by atoms with Gasteiger partial charge in [0.2, 0.25) is 0 Å². The third kappa shape index (κ3) is 4.42. The van der Waals surface area contributed by atoms with Crippen LogP contribution in [-0.2, 0) is 11.2 Å². The summed E-state index contributed by atoms with van der Waals surface area (Å²) < 4.78 is 13.4. The van der Waals surface area contributed by atoms with Gasteiger partial charge in [-0.05, 0) is 95.9 Å². The predicted molar refractivity (Wildman–Crippen MR) is 120 cm³/mol. The van der Waals surface area contributed by atoms with Crippen LogP contribution in [0.15, 0.2) is 40.9 Å². The van der Waals surface area contributed by atoms with Crippen LogP contribution in [0.5, 0.6) is 5.75 Å². The second-order valence-electron chi connectivity index (χ2n) is 7.54. The Hall–Kier alpha value is -1.28.